The van der Waals surface area contributed by atoms with Gasteiger partial charge in [0.2, 0.25) is 0 Å². The zero-order valence-electron chi connectivity index (χ0n) is 14.1. The van der Waals surface area contributed by atoms with Crippen LogP contribution < -0.4 is 10.2 Å². The summed E-state index contributed by atoms with van der Waals surface area (Å²) in [5.74, 6) is -0.529. The quantitative estimate of drug-likeness (QED) is 0.824. The number of carboxylic acids is 1. The maximum atomic E-state index is 12.0. The first-order valence-electron chi connectivity index (χ1n) is 8.08. The third kappa shape index (κ3) is 5.03. The zero-order valence-corrected chi connectivity index (χ0v) is 14.8. The van der Waals surface area contributed by atoms with Crippen LogP contribution in [0.15, 0.2) is 18.2 Å². The highest BCUT2D eigenvalue weighted by Crippen LogP contribution is 2.29. The van der Waals surface area contributed by atoms with E-state index in [1.165, 1.54) is 10.5 Å². The highest BCUT2D eigenvalue weighted by atomic mass is 35.5. The molecular formula is C17H24ClN3O3. The van der Waals surface area contributed by atoms with Gasteiger partial charge < -0.3 is 20.2 Å². The Kier molecular flexibility index (Phi) is 6.31. The van der Waals surface area contributed by atoms with Crippen molar-refractivity contribution in [1.29, 1.82) is 0 Å². The van der Waals surface area contributed by atoms with Crippen LogP contribution in [0.5, 0.6) is 0 Å². The lowest BCUT2D eigenvalue weighted by molar-refractivity contribution is -0.137. The number of nitrogens with zero attached hydrogens (tertiary/aromatic N) is 2. The lowest BCUT2D eigenvalue weighted by Gasteiger charge is -2.22. The van der Waals surface area contributed by atoms with Crippen molar-refractivity contribution in [2.75, 3.05) is 38.1 Å². The maximum absolute atomic E-state index is 12.0. The van der Waals surface area contributed by atoms with Crippen molar-refractivity contribution < 1.29 is 14.7 Å². The summed E-state index contributed by atoms with van der Waals surface area (Å²) in [7, 11) is 1.61. The van der Waals surface area contributed by atoms with Crippen LogP contribution in [0, 0.1) is 12.8 Å². The van der Waals surface area contributed by atoms with Gasteiger partial charge in [-0.3, -0.25) is 4.79 Å². The number of anilines is 1. The minimum Gasteiger partial charge on any atom is -0.481 e. The van der Waals surface area contributed by atoms with Crippen LogP contribution in [-0.2, 0) is 4.79 Å². The SMILES string of the molecule is Cc1ccc(Cl)cc1N1CCC(CNC(=O)N(C)CCC(=O)O)C1. The minimum absolute atomic E-state index is 0.0465. The second kappa shape index (κ2) is 8.24. The summed E-state index contributed by atoms with van der Waals surface area (Å²) in [6.45, 7) is 4.68. The number of aliphatic carboxylic acids is 1. The van der Waals surface area contributed by atoms with E-state index in [-0.39, 0.29) is 19.0 Å². The Hall–Kier alpha value is -1.95. The third-order valence-electron chi connectivity index (χ3n) is 4.35. The zero-order chi connectivity index (χ0) is 17.7. The lowest BCUT2D eigenvalue weighted by Crippen LogP contribution is -2.40. The molecule has 0 saturated carbocycles. The Bertz CT molecular complexity index is 609. The molecule has 0 radical (unpaired) electrons. The van der Waals surface area contributed by atoms with Gasteiger partial charge in [-0.25, -0.2) is 4.79 Å². The standard InChI is InChI=1S/C17H24ClN3O3/c1-12-3-4-14(18)9-15(12)21-8-5-13(11-21)10-19-17(24)20(2)7-6-16(22)23/h3-4,9,13H,5-8,10-11H2,1-2H3,(H,19,24)(H,22,23). The first kappa shape index (κ1) is 18.4. The van der Waals surface area contributed by atoms with Crippen LogP contribution in [-0.4, -0.2) is 55.2 Å². The molecule has 0 spiro atoms. The van der Waals surface area contributed by atoms with Crippen molar-refractivity contribution in [3.8, 4) is 0 Å². The summed E-state index contributed by atoms with van der Waals surface area (Å²) in [6, 6.07) is 5.66. The Morgan fingerprint density at radius 2 is 2.21 bits per heavy atom. The van der Waals surface area contributed by atoms with Gasteiger partial charge in [-0.05, 0) is 37.0 Å². The number of urea groups is 1. The number of aryl methyl sites for hydroxylation is 1. The number of nitrogens with one attached hydrogen (secondary N) is 1. The molecule has 7 heteroatoms. The van der Waals surface area contributed by atoms with Crippen molar-refractivity contribution in [3.05, 3.63) is 28.8 Å². The second-order valence-electron chi connectivity index (χ2n) is 6.28. The highest BCUT2D eigenvalue weighted by Gasteiger charge is 2.24. The van der Waals surface area contributed by atoms with E-state index >= 15 is 0 Å². The molecular weight excluding hydrogens is 330 g/mol. The average molecular weight is 354 g/mol. The number of hydrogen-bond acceptors (Lipinski definition) is 3. The summed E-state index contributed by atoms with van der Waals surface area (Å²) >= 11 is 6.09. The van der Waals surface area contributed by atoms with Crippen LogP contribution in [0.2, 0.25) is 5.02 Å². The van der Waals surface area contributed by atoms with E-state index in [1.807, 2.05) is 18.2 Å². The number of benzene rings is 1. The average Bonchev–Trinajstić information content (AvgIpc) is 3.01. The van der Waals surface area contributed by atoms with E-state index in [9.17, 15) is 9.59 Å². The first-order valence-corrected chi connectivity index (χ1v) is 8.46. The Morgan fingerprint density at radius 3 is 2.92 bits per heavy atom. The molecule has 2 N–H and O–H groups in total. The molecule has 2 amide bonds. The second-order valence-corrected chi connectivity index (χ2v) is 6.72. The van der Waals surface area contributed by atoms with Gasteiger partial charge in [0.15, 0.2) is 0 Å². The predicted octanol–water partition coefficient (Wildman–Crippen LogP) is 2.59. The molecule has 6 nitrogen and oxygen atoms in total. The fraction of sp³-hybridized carbons (Fsp3) is 0.529. The summed E-state index contributed by atoms with van der Waals surface area (Å²) in [4.78, 5) is 26.2. The summed E-state index contributed by atoms with van der Waals surface area (Å²) in [5, 5.41) is 12.3. The van der Waals surface area contributed by atoms with Crippen molar-refractivity contribution in [3.63, 3.8) is 0 Å². The summed E-state index contributed by atoms with van der Waals surface area (Å²) in [6.07, 6.45) is 0.959. The van der Waals surface area contributed by atoms with E-state index < -0.39 is 5.97 Å². The molecule has 0 aliphatic carbocycles. The van der Waals surface area contributed by atoms with Crippen molar-refractivity contribution in [1.82, 2.24) is 10.2 Å². The molecule has 1 aliphatic heterocycles. The van der Waals surface area contributed by atoms with Crippen LogP contribution in [0.3, 0.4) is 0 Å². The number of carbonyl (C=O) groups is 2. The van der Waals surface area contributed by atoms with Crippen molar-refractivity contribution in [2.45, 2.75) is 19.8 Å². The molecule has 1 aromatic carbocycles. The summed E-state index contributed by atoms with van der Waals surface area (Å²) < 4.78 is 0. The van der Waals surface area contributed by atoms with E-state index in [2.05, 4.69) is 17.1 Å². The van der Waals surface area contributed by atoms with E-state index in [0.717, 1.165) is 30.2 Å². The van der Waals surface area contributed by atoms with Crippen LogP contribution in [0.1, 0.15) is 18.4 Å². The lowest BCUT2D eigenvalue weighted by atomic mass is 10.1. The predicted molar refractivity (Wildman–Crippen MR) is 94.8 cm³/mol. The van der Waals surface area contributed by atoms with Gasteiger partial charge in [-0.1, -0.05) is 17.7 Å². The Balaban J connectivity index is 1.80. The molecule has 0 aromatic heterocycles. The van der Waals surface area contributed by atoms with E-state index in [4.69, 9.17) is 16.7 Å². The molecule has 24 heavy (non-hydrogen) atoms. The van der Waals surface area contributed by atoms with E-state index in [0.29, 0.717) is 12.5 Å². The van der Waals surface area contributed by atoms with Crippen LogP contribution >= 0.6 is 11.6 Å². The fourth-order valence-corrected chi connectivity index (χ4v) is 3.04. The van der Waals surface area contributed by atoms with Crippen LogP contribution in [0.4, 0.5) is 10.5 Å². The topological polar surface area (TPSA) is 72.9 Å². The van der Waals surface area contributed by atoms with Gasteiger partial charge in [-0.2, -0.15) is 0 Å². The number of carboxylic acid groups (broad SMARTS) is 1. The Labute approximate surface area is 147 Å². The van der Waals surface area contributed by atoms with Crippen molar-refractivity contribution in [2.24, 2.45) is 5.92 Å². The molecule has 1 heterocycles. The summed E-state index contributed by atoms with van der Waals surface area (Å²) in [5.41, 5.74) is 2.34. The largest absolute Gasteiger partial charge is 0.481 e. The molecule has 1 atom stereocenters. The van der Waals surface area contributed by atoms with Gasteiger partial charge in [-0.15, -0.1) is 0 Å². The molecule has 132 valence electrons. The van der Waals surface area contributed by atoms with Crippen molar-refractivity contribution >= 4 is 29.3 Å². The molecule has 1 unspecified atom stereocenters. The fourth-order valence-electron chi connectivity index (χ4n) is 2.87. The molecule has 2 rings (SSSR count). The number of halogens is 1. The van der Waals surface area contributed by atoms with Gasteiger partial charge >= 0.3 is 12.0 Å². The number of rotatable bonds is 6. The normalized spacial score (nSPS) is 17.0. The van der Waals surface area contributed by atoms with Gasteiger partial charge in [0.05, 0.1) is 6.42 Å². The number of hydrogen-bond donors (Lipinski definition) is 2. The minimum atomic E-state index is -0.905. The van der Waals surface area contributed by atoms with E-state index in [1.54, 1.807) is 7.05 Å². The number of carbonyl (C=O) groups excluding carboxylic acids is 1. The first-order chi connectivity index (χ1) is 11.4. The third-order valence-corrected chi connectivity index (χ3v) is 4.58. The Morgan fingerprint density at radius 1 is 1.46 bits per heavy atom. The molecule has 1 aromatic rings. The molecule has 0 bridgehead atoms. The number of amides is 2. The molecule has 1 saturated heterocycles. The highest BCUT2D eigenvalue weighted by molar-refractivity contribution is 6.30. The smallest absolute Gasteiger partial charge is 0.317 e. The van der Waals surface area contributed by atoms with Gasteiger partial charge in [0.25, 0.3) is 0 Å². The van der Waals surface area contributed by atoms with Crippen LogP contribution in [0.25, 0.3) is 0 Å². The maximum Gasteiger partial charge on any atom is 0.317 e. The van der Waals surface area contributed by atoms with Gasteiger partial charge in [0.1, 0.15) is 0 Å². The monoisotopic (exact) mass is 353 g/mol. The molecule has 1 fully saturated rings. The van der Waals surface area contributed by atoms with Gasteiger partial charge in [0, 0.05) is 43.9 Å². The molecule has 1 aliphatic rings.